The van der Waals surface area contributed by atoms with Gasteiger partial charge in [0.05, 0.1) is 17.9 Å². The van der Waals surface area contributed by atoms with Crippen molar-refractivity contribution in [2.45, 2.75) is 26.7 Å². The fraction of sp³-hybridized carbons (Fsp3) is 0.222. The molecule has 6 heteroatoms. The molecule has 0 aliphatic heterocycles. The normalized spacial score (nSPS) is 10.7. The Balaban J connectivity index is 1.50. The highest BCUT2D eigenvalue weighted by Crippen LogP contribution is 2.11. The summed E-state index contributed by atoms with van der Waals surface area (Å²) in [5.41, 5.74) is 2.54. The third-order valence-electron chi connectivity index (χ3n) is 3.39. The number of furan rings is 1. The van der Waals surface area contributed by atoms with Crippen LogP contribution in [0.3, 0.4) is 0 Å². The number of aryl methyl sites for hydroxylation is 1. The van der Waals surface area contributed by atoms with E-state index in [1.165, 1.54) is 11.3 Å². The molecule has 3 aromatic rings. The Bertz CT molecular complexity index is 796. The van der Waals surface area contributed by atoms with E-state index < -0.39 is 0 Å². The number of thiazole rings is 1. The first-order chi connectivity index (χ1) is 11.7. The summed E-state index contributed by atoms with van der Waals surface area (Å²) in [5, 5.41) is 5.54. The Morgan fingerprint density at radius 3 is 2.88 bits per heavy atom. The minimum Gasteiger partial charge on any atom is -0.467 e. The molecular formula is C18H18N2O3S. The number of amides is 1. The highest BCUT2D eigenvalue weighted by Gasteiger charge is 2.08. The summed E-state index contributed by atoms with van der Waals surface area (Å²) in [5.74, 6) is 0.649. The molecule has 0 aliphatic carbocycles. The number of nitrogens with zero attached hydrogens (tertiary/aromatic N) is 1. The van der Waals surface area contributed by atoms with Crippen molar-refractivity contribution in [2.24, 2.45) is 0 Å². The second-order valence-corrected chi connectivity index (χ2v) is 6.39. The van der Waals surface area contributed by atoms with Crippen molar-refractivity contribution in [3.63, 3.8) is 0 Å². The Kier molecular flexibility index (Phi) is 5.40. The SMILES string of the molecule is Cc1nc(C(=O)NCc2cccc(COCc3ccco3)c2)cs1. The molecular weight excluding hydrogens is 324 g/mol. The number of carbonyl (C=O) groups excluding carboxylic acids is 1. The van der Waals surface area contributed by atoms with Gasteiger partial charge < -0.3 is 14.5 Å². The van der Waals surface area contributed by atoms with E-state index in [1.54, 1.807) is 11.6 Å². The molecule has 2 aromatic heterocycles. The van der Waals surface area contributed by atoms with Crippen molar-refractivity contribution >= 4 is 17.2 Å². The molecule has 0 spiro atoms. The van der Waals surface area contributed by atoms with Crippen LogP contribution in [0.5, 0.6) is 0 Å². The molecule has 0 bridgehead atoms. The predicted octanol–water partition coefficient (Wildman–Crippen LogP) is 3.69. The maximum atomic E-state index is 12.0. The van der Waals surface area contributed by atoms with Gasteiger partial charge in [0.15, 0.2) is 0 Å². The van der Waals surface area contributed by atoms with Crippen LogP contribution in [-0.4, -0.2) is 10.9 Å². The molecule has 24 heavy (non-hydrogen) atoms. The summed E-state index contributed by atoms with van der Waals surface area (Å²) < 4.78 is 10.9. The molecule has 0 atom stereocenters. The Hall–Kier alpha value is -2.44. The second-order valence-electron chi connectivity index (χ2n) is 5.33. The number of benzene rings is 1. The molecule has 0 fully saturated rings. The minimum absolute atomic E-state index is 0.154. The zero-order valence-electron chi connectivity index (χ0n) is 13.3. The smallest absolute Gasteiger partial charge is 0.271 e. The van der Waals surface area contributed by atoms with Crippen LogP contribution in [0.15, 0.2) is 52.5 Å². The molecule has 0 saturated heterocycles. The molecule has 0 unspecified atom stereocenters. The quantitative estimate of drug-likeness (QED) is 0.711. The maximum Gasteiger partial charge on any atom is 0.271 e. The first-order valence-electron chi connectivity index (χ1n) is 7.59. The van der Waals surface area contributed by atoms with Gasteiger partial charge in [-0.15, -0.1) is 11.3 Å². The summed E-state index contributed by atoms with van der Waals surface area (Å²) >= 11 is 1.47. The first-order valence-corrected chi connectivity index (χ1v) is 8.47. The van der Waals surface area contributed by atoms with Crippen molar-refractivity contribution in [3.8, 4) is 0 Å². The lowest BCUT2D eigenvalue weighted by Gasteiger charge is -2.07. The predicted molar refractivity (Wildman–Crippen MR) is 91.7 cm³/mol. The van der Waals surface area contributed by atoms with E-state index in [0.29, 0.717) is 25.5 Å². The summed E-state index contributed by atoms with van der Waals surface area (Å²) in [6.45, 7) is 3.28. The molecule has 124 valence electrons. The van der Waals surface area contributed by atoms with Crippen molar-refractivity contribution in [3.05, 3.63) is 75.6 Å². The van der Waals surface area contributed by atoms with E-state index in [-0.39, 0.29) is 5.91 Å². The Morgan fingerprint density at radius 1 is 1.25 bits per heavy atom. The van der Waals surface area contributed by atoms with Gasteiger partial charge in [-0.05, 0) is 30.2 Å². The third kappa shape index (κ3) is 4.53. The average Bonchev–Trinajstić information content (AvgIpc) is 3.25. The van der Waals surface area contributed by atoms with E-state index in [2.05, 4.69) is 10.3 Å². The average molecular weight is 342 g/mol. The standard InChI is InChI=1S/C18H18N2O3S/c1-13-20-17(12-24-13)18(21)19-9-14-4-2-5-15(8-14)10-22-11-16-6-3-7-23-16/h2-8,12H,9-11H2,1H3,(H,19,21). The summed E-state index contributed by atoms with van der Waals surface area (Å²) in [6, 6.07) is 11.7. The molecule has 3 rings (SSSR count). The minimum atomic E-state index is -0.154. The van der Waals surface area contributed by atoms with E-state index in [1.807, 2.05) is 43.3 Å². The van der Waals surface area contributed by atoms with E-state index in [9.17, 15) is 4.79 Å². The van der Waals surface area contributed by atoms with E-state index in [0.717, 1.165) is 21.9 Å². The highest BCUT2D eigenvalue weighted by molar-refractivity contribution is 7.09. The summed E-state index contributed by atoms with van der Waals surface area (Å²) in [7, 11) is 0. The number of ether oxygens (including phenoxy) is 1. The van der Waals surface area contributed by atoms with Gasteiger partial charge in [0, 0.05) is 11.9 Å². The van der Waals surface area contributed by atoms with Gasteiger partial charge in [-0.2, -0.15) is 0 Å². The Labute approximate surface area is 144 Å². The molecule has 2 heterocycles. The van der Waals surface area contributed by atoms with Crippen molar-refractivity contribution in [2.75, 3.05) is 0 Å². The van der Waals surface area contributed by atoms with Gasteiger partial charge in [-0.25, -0.2) is 4.98 Å². The Morgan fingerprint density at radius 2 is 2.12 bits per heavy atom. The molecule has 0 aliphatic rings. The van der Waals surface area contributed by atoms with Crippen molar-refractivity contribution in [1.82, 2.24) is 10.3 Å². The van der Waals surface area contributed by atoms with Crippen LogP contribution in [0.1, 0.15) is 32.4 Å². The molecule has 0 saturated carbocycles. The summed E-state index contributed by atoms with van der Waals surface area (Å²) in [4.78, 5) is 16.2. The van der Waals surface area contributed by atoms with Gasteiger partial charge in [0.25, 0.3) is 5.91 Å². The van der Waals surface area contributed by atoms with Crippen LogP contribution in [0.2, 0.25) is 0 Å². The van der Waals surface area contributed by atoms with Crippen LogP contribution in [0.25, 0.3) is 0 Å². The molecule has 0 radical (unpaired) electrons. The first kappa shape index (κ1) is 16.4. The van der Waals surface area contributed by atoms with Crippen LogP contribution < -0.4 is 5.32 Å². The fourth-order valence-corrected chi connectivity index (χ4v) is 2.83. The van der Waals surface area contributed by atoms with E-state index in [4.69, 9.17) is 9.15 Å². The molecule has 1 amide bonds. The highest BCUT2D eigenvalue weighted by atomic mass is 32.1. The molecule has 1 aromatic carbocycles. The molecule has 5 nitrogen and oxygen atoms in total. The van der Waals surface area contributed by atoms with Gasteiger partial charge in [-0.3, -0.25) is 4.79 Å². The van der Waals surface area contributed by atoms with Gasteiger partial charge in [-0.1, -0.05) is 24.3 Å². The zero-order valence-corrected chi connectivity index (χ0v) is 14.1. The van der Waals surface area contributed by atoms with Gasteiger partial charge in [0.2, 0.25) is 0 Å². The number of carbonyl (C=O) groups is 1. The van der Waals surface area contributed by atoms with Crippen LogP contribution in [-0.2, 0) is 24.5 Å². The monoisotopic (exact) mass is 342 g/mol. The second kappa shape index (κ2) is 7.90. The number of rotatable bonds is 7. The van der Waals surface area contributed by atoms with Crippen molar-refractivity contribution in [1.29, 1.82) is 0 Å². The number of aromatic nitrogens is 1. The van der Waals surface area contributed by atoms with Gasteiger partial charge in [0.1, 0.15) is 18.1 Å². The zero-order chi connectivity index (χ0) is 16.8. The lowest BCUT2D eigenvalue weighted by atomic mass is 10.1. The third-order valence-corrected chi connectivity index (χ3v) is 4.16. The van der Waals surface area contributed by atoms with Gasteiger partial charge >= 0.3 is 0 Å². The number of hydrogen-bond donors (Lipinski definition) is 1. The largest absolute Gasteiger partial charge is 0.467 e. The van der Waals surface area contributed by atoms with E-state index >= 15 is 0 Å². The number of nitrogens with one attached hydrogen (secondary N) is 1. The van der Waals surface area contributed by atoms with Crippen molar-refractivity contribution < 1.29 is 13.9 Å². The maximum absolute atomic E-state index is 12.0. The van der Waals surface area contributed by atoms with Crippen LogP contribution in [0.4, 0.5) is 0 Å². The summed E-state index contributed by atoms with van der Waals surface area (Å²) in [6.07, 6.45) is 1.63. The lowest BCUT2D eigenvalue weighted by molar-refractivity contribution is 0.0928. The van der Waals surface area contributed by atoms with Crippen LogP contribution >= 0.6 is 11.3 Å². The van der Waals surface area contributed by atoms with Crippen LogP contribution in [0, 0.1) is 6.92 Å². The fourth-order valence-electron chi connectivity index (χ4n) is 2.23. The lowest BCUT2D eigenvalue weighted by Crippen LogP contribution is -2.23. The molecule has 1 N–H and O–H groups in total. The topological polar surface area (TPSA) is 64.4 Å². The number of hydrogen-bond acceptors (Lipinski definition) is 5.